The van der Waals surface area contributed by atoms with Crippen LogP contribution in [0.2, 0.25) is 0 Å². The van der Waals surface area contributed by atoms with Gasteiger partial charge in [-0.1, -0.05) is 0 Å². The van der Waals surface area contributed by atoms with Crippen molar-refractivity contribution in [1.29, 1.82) is 0 Å². The van der Waals surface area contributed by atoms with Gasteiger partial charge in [-0.05, 0) is 18.6 Å². The molecule has 0 aliphatic heterocycles. The van der Waals surface area contributed by atoms with E-state index in [-0.39, 0.29) is 5.56 Å². The van der Waals surface area contributed by atoms with Crippen molar-refractivity contribution < 1.29 is 4.79 Å². The summed E-state index contributed by atoms with van der Waals surface area (Å²) in [7, 11) is 0. The highest BCUT2D eigenvalue weighted by atomic mass is 16.2. The summed E-state index contributed by atoms with van der Waals surface area (Å²) in [6.07, 6.45) is 1.41. The molecule has 4 heteroatoms. The summed E-state index contributed by atoms with van der Waals surface area (Å²) in [6.45, 7) is 3.48. The molecule has 0 fully saturated rings. The quantitative estimate of drug-likeness (QED) is 0.575. The Bertz CT molecular complexity index is 341. The molecule has 11 heavy (non-hydrogen) atoms. The van der Waals surface area contributed by atoms with E-state index in [4.69, 9.17) is 5.73 Å². The van der Waals surface area contributed by atoms with Gasteiger partial charge in [-0.3, -0.25) is 9.59 Å². The van der Waals surface area contributed by atoms with Crippen LogP contribution in [0.25, 0.3) is 0 Å². The zero-order chi connectivity index (χ0) is 8.43. The molecule has 57 valence electrons. The van der Waals surface area contributed by atoms with Crippen LogP contribution in [-0.4, -0.2) is 10.9 Å². The van der Waals surface area contributed by atoms with Gasteiger partial charge < -0.3 is 10.7 Å². The highest BCUT2D eigenvalue weighted by Crippen LogP contribution is 1.97. The van der Waals surface area contributed by atoms with Crippen molar-refractivity contribution in [2.45, 2.75) is 0 Å². The zero-order valence-corrected chi connectivity index (χ0v) is 5.76. The fourth-order valence-corrected chi connectivity index (χ4v) is 0.789. The number of nitrogens with one attached hydrogen (secondary N) is 1. The van der Waals surface area contributed by atoms with Crippen molar-refractivity contribution in [3.05, 3.63) is 40.7 Å². The fourth-order valence-electron chi connectivity index (χ4n) is 0.789. The Balaban J connectivity index is 3.45. The minimum Gasteiger partial charge on any atom is -0.365 e. The van der Waals surface area contributed by atoms with Crippen LogP contribution in [0, 0.1) is 6.92 Å². The molecule has 0 saturated heterocycles. The molecule has 1 heterocycles. The van der Waals surface area contributed by atoms with Gasteiger partial charge in [-0.25, -0.2) is 0 Å². The van der Waals surface area contributed by atoms with E-state index in [1.807, 2.05) is 0 Å². The molecule has 4 nitrogen and oxygen atoms in total. The first kappa shape index (κ1) is 7.53. The van der Waals surface area contributed by atoms with Gasteiger partial charge in [-0.15, -0.1) is 0 Å². The van der Waals surface area contributed by atoms with Gasteiger partial charge >= 0.3 is 0 Å². The summed E-state index contributed by atoms with van der Waals surface area (Å²) in [6, 6.07) is 1.52. The van der Waals surface area contributed by atoms with E-state index < -0.39 is 11.5 Å². The van der Waals surface area contributed by atoms with Crippen LogP contribution in [0.4, 0.5) is 0 Å². The number of aromatic nitrogens is 1. The lowest BCUT2D eigenvalue weighted by molar-refractivity contribution is 0.0998. The zero-order valence-electron chi connectivity index (χ0n) is 5.76. The van der Waals surface area contributed by atoms with E-state index in [1.165, 1.54) is 12.3 Å². The van der Waals surface area contributed by atoms with Gasteiger partial charge in [0.05, 0.1) is 0 Å². The van der Waals surface area contributed by atoms with Gasteiger partial charge in [0.2, 0.25) is 0 Å². The molecular formula is C7H7N2O2. The maximum Gasteiger partial charge on any atom is 0.261 e. The molecule has 1 amide bonds. The van der Waals surface area contributed by atoms with Gasteiger partial charge in [0.25, 0.3) is 11.5 Å². The van der Waals surface area contributed by atoms with Gasteiger partial charge in [0.15, 0.2) is 0 Å². The third-order valence-electron chi connectivity index (χ3n) is 1.29. The summed E-state index contributed by atoms with van der Waals surface area (Å²) >= 11 is 0. The van der Waals surface area contributed by atoms with Gasteiger partial charge in [0.1, 0.15) is 5.56 Å². The van der Waals surface area contributed by atoms with Crippen LogP contribution in [0.1, 0.15) is 15.9 Å². The lowest BCUT2D eigenvalue weighted by Gasteiger charge is -1.96. The molecule has 0 saturated carbocycles. The van der Waals surface area contributed by atoms with Crippen LogP contribution in [0.5, 0.6) is 0 Å². The predicted molar refractivity (Wildman–Crippen MR) is 40.0 cm³/mol. The van der Waals surface area contributed by atoms with Crippen molar-refractivity contribution in [2.75, 3.05) is 0 Å². The number of amides is 1. The number of primary amides is 1. The summed E-state index contributed by atoms with van der Waals surface area (Å²) in [5.41, 5.74) is 4.69. The summed E-state index contributed by atoms with van der Waals surface area (Å²) in [4.78, 5) is 23.8. The Labute approximate surface area is 63.0 Å². The molecule has 0 unspecified atom stereocenters. The van der Waals surface area contributed by atoms with Crippen molar-refractivity contribution in [2.24, 2.45) is 5.73 Å². The minimum atomic E-state index is -0.753. The molecule has 1 radical (unpaired) electrons. The Kier molecular flexibility index (Phi) is 1.76. The molecule has 1 aromatic heterocycles. The summed E-state index contributed by atoms with van der Waals surface area (Å²) in [5.74, 6) is -0.753. The second-order valence-corrected chi connectivity index (χ2v) is 2.07. The Hall–Kier alpha value is -1.58. The van der Waals surface area contributed by atoms with Crippen molar-refractivity contribution in [3.63, 3.8) is 0 Å². The third-order valence-corrected chi connectivity index (χ3v) is 1.29. The maximum absolute atomic E-state index is 10.9. The average Bonchev–Trinajstić information content (AvgIpc) is 1.85. The molecule has 1 rings (SSSR count). The van der Waals surface area contributed by atoms with E-state index in [1.54, 1.807) is 0 Å². The third kappa shape index (κ3) is 1.29. The maximum atomic E-state index is 10.9. The second kappa shape index (κ2) is 2.57. The number of nitrogens with two attached hydrogens (primary N) is 1. The number of hydrogen-bond donors (Lipinski definition) is 2. The normalized spacial score (nSPS) is 9.55. The molecule has 0 aromatic carbocycles. The average molecular weight is 151 g/mol. The Morgan fingerprint density at radius 2 is 2.27 bits per heavy atom. The van der Waals surface area contributed by atoms with Gasteiger partial charge in [0, 0.05) is 6.20 Å². The highest BCUT2D eigenvalue weighted by Gasteiger charge is 2.07. The van der Waals surface area contributed by atoms with Crippen LogP contribution >= 0.6 is 0 Å². The monoisotopic (exact) mass is 151 g/mol. The molecular weight excluding hydrogens is 144 g/mol. The van der Waals surface area contributed by atoms with Crippen LogP contribution in [0.3, 0.4) is 0 Å². The van der Waals surface area contributed by atoms with E-state index >= 15 is 0 Å². The van der Waals surface area contributed by atoms with E-state index in [0.29, 0.717) is 5.56 Å². The predicted octanol–water partition coefficient (Wildman–Crippen LogP) is -0.344. The SMILES string of the molecule is [CH2]c1cc[nH]c(=O)c1C(N)=O. The van der Waals surface area contributed by atoms with Crippen molar-refractivity contribution >= 4 is 5.91 Å². The number of carbonyl (C=O) groups is 1. The van der Waals surface area contributed by atoms with E-state index in [9.17, 15) is 9.59 Å². The topological polar surface area (TPSA) is 75.9 Å². The van der Waals surface area contributed by atoms with Crippen LogP contribution in [-0.2, 0) is 0 Å². The number of pyridine rings is 1. The van der Waals surface area contributed by atoms with Crippen molar-refractivity contribution in [1.82, 2.24) is 4.98 Å². The molecule has 0 aliphatic carbocycles. The number of hydrogen-bond acceptors (Lipinski definition) is 2. The first-order valence-corrected chi connectivity index (χ1v) is 2.96. The largest absolute Gasteiger partial charge is 0.365 e. The van der Waals surface area contributed by atoms with E-state index in [0.717, 1.165) is 0 Å². The van der Waals surface area contributed by atoms with Crippen LogP contribution in [0.15, 0.2) is 17.1 Å². The minimum absolute atomic E-state index is 0.0764. The molecule has 0 bridgehead atoms. The number of aromatic amines is 1. The molecule has 0 aliphatic rings. The first-order valence-electron chi connectivity index (χ1n) is 2.96. The highest BCUT2D eigenvalue weighted by molar-refractivity contribution is 5.94. The second-order valence-electron chi connectivity index (χ2n) is 2.07. The number of carbonyl (C=O) groups excluding carboxylic acids is 1. The van der Waals surface area contributed by atoms with Gasteiger partial charge in [-0.2, -0.15) is 0 Å². The first-order chi connectivity index (χ1) is 5.13. The molecule has 0 atom stereocenters. The van der Waals surface area contributed by atoms with Crippen molar-refractivity contribution in [3.8, 4) is 0 Å². The number of H-pyrrole nitrogens is 1. The number of rotatable bonds is 1. The van der Waals surface area contributed by atoms with E-state index in [2.05, 4.69) is 11.9 Å². The summed E-state index contributed by atoms with van der Waals surface area (Å²) < 4.78 is 0. The lowest BCUT2D eigenvalue weighted by Crippen LogP contribution is -2.24. The molecule has 3 N–H and O–H groups in total. The lowest BCUT2D eigenvalue weighted by atomic mass is 10.1. The standard InChI is InChI=1S/C7H7N2O2/c1-4-2-3-9-7(11)5(4)6(8)10/h2-3H,1H2,(H2,8,10)(H,9,11). The van der Waals surface area contributed by atoms with Crippen LogP contribution < -0.4 is 11.3 Å². The Morgan fingerprint density at radius 1 is 1.64 bits per heavy atom. The fraction of sp³-hybridized carbons (Fsp3) is 0. The summed E-state index contributed by atoms with van der Waals surface area (Å²) in [5, 5.41) is 0. The molecule has 0 spiro atoms. The Morgan fingerprint density at radius 3 is 2.64 bits per heavy atom. The molecule has 1 aromatic rings. The smallest absolute Gasteiger partial charge is 0.261 e.